The van der Waals surface area contributed by atoms with E-state index in [0.29, 0.717) is 36.7 Å². The lowest BCUT2D eigenvalue weighted by molar-refractivity contribution is -0.136. The number of rotatable bonds is 8. The number of amides is 3. The van der Waals surface area contributed by atoms with Crippen LogP contribution in [0.2, 0.25) is 0 Å². The maximum absolute atomic E-state index is 13.2. The van der Waals surface area contributed by atoms with Gasteiger partial charge in [0.1, 0.15) is 17.9 Å². The summed E-state index contributed by atoms with van der Waals surface area (Å²) >= 11 is 0. The number of carbonyl (C=O) groups excluding carboxylic acids is 3. The van der Waals surface area contributed by atoms with Gasteiger partial charge in [0.2, 0.25) is 11.8 Å². The van der Waals surface area contributed by atoms with Gasteiger partial charge >= 0.3 is 0 Å². The fourth-order valence-electron chi connectivity index (χ4n) is 6.79. The Kier molecular flexibility index (Phi) is 6.40. The van der Waals surface area contributed by atoms with Crippen molar-refractivity contribution in [1.29, 1.82) is 0 Å². The fourth-order valence-corrected chi connectivity index (χ4v) is 6.79. The predicted molar refractivity (Wildman–Crippen MR) is 145 cm³/mol. The maximum Gasteiger partial charge on any atom is 0.255 e. The molecule has 0 radical (unpaired) electrons. The number of ether oxygens (including phenoxy) is 1. The molecule has 3 heterocycles. The minimum absolute atomic E-state index is 0.0463. The van der Waals surface area contributed by atoms with E-state index in [9.17, 15) is 14.4 Å². The van der Waals surface area contributed by atoms with Gasteiger partial charge < -0.3 is 9.64 Å². The van der Waals surface area contributed by atoms with Gasteiger partial charge in [-0.1, -0.05) is 30.3 Å². The molecule has 3 amide bonds. The van der Waals surface area contributed by atoms with Crippen LogP contribution in [0.4, 0.5) is 0 Å². The quantitative estimate of drug-likeness (QED) is 0.531. The third-order valence-corrected chi connectivity index (χ3v) is 8.96. The molecule has 0 spiro atoms. The predicted octanol–water partition coefficient (Wildman–Crippen LogP) is 3.10. The van der Waals surface area contributed by atoms with Crippen LogP contribution < -0.4 is 10.1 Å². The molecule has 2 saturated carbocycles. The summed E-state index contributed by atoms with van der Waals surface area (Å²) in [6, 6.07) is 17.6. The molecule has 1 N–H and O–H groups in total. The van der Waals surface area contributed by atoms with E-state index < -0.39 is 6.04 Å². The molecule has 5 aliphatic rings. The monoisotopic (exact) mass is 528 g/mol. The number of hydrogen-bond acceptors (Lipinski definition) is 6. The lowest BCUT2D eigenvalue weighted by Gasteiger charge is -2.44. The molecule has 2 saturated heterocycles. The number of likely N-dealkylation sites (tertiary alicyclic amines) is 1. The van der Waals surface area contributed by atoms with E-state index in [1.54, 1.807) is 4.90 Å². The molecule has 2 aromatic rings. The molecule has 8 nitrogen and oxygen atoms in total. The van der Waals surface area contributed by atoms with E-state index in [2.05, 4.69) is 45.4 Å². The van der Waals surface area contributed by atoms with Gasteiger partial charge in [-0.05, 0) is 67.9 Å². The number of imide groups is 1. The molecular weight excluding hydrogens is 492 g/mol. The van der Waals surface area contributed by atoms with Crippen LogP contribution in [0.3, 0.4) is 0 Å². The molecule has 4 fully saturated rings. The topological polar surface area (TPSA) is 82.2 Å². The Balaban J connectivity index is 1.10. The summed E-state index contributed by atoms with van der Waals surface area (Å²) in [5, 5.41) is 2.38. The summed E-state index contributed by atoms with van der Waals surface area (Å²) in [6.45, 7) is 3.21. The highest BCUT2D eigenvalue weighted by Gasteiger charge is 2.47. The van der Waals surface area contributed by atoms with Gasteiger partial charge in [0.15, 0.2) is 0 Å². The Morgan fingerprint density at radius 1 is 0.923 bits per heavy atom. The Labute approximate surface area is 229 Å². The smallest absolute Gasteiger partial charge is 0.255 e. The standard InChI is InChI=1S/C31H36N4O4/c36-29-13-12-27(30(37)32-29)34-18-21-16-24(10-11-25(21)31(34)38)39-28-19-33(17-20-4-2-1-3-5-20)15-14-26(28)35(22-6-7-22)23-8-9-23/h1-5,10-11,16,22-23,26-28H,6-9,12-15,17-19H2,(H,32,36,37). The van der Waals surface area contributed by atoms with Crippen molar-refractivity contribution in [3.63, 3.8) is 0 Å². The minimum Gasteiger partial charge on any atom is -0.487 e. The summed E-state index contributed by atoms with van der Waals surface area (Å²) in [5.41, 5.74) is 2.83. The normalized spacial score (nSPS) is 27.6. The summed E-state index contributed by atoms with van der Waals surface area (Å²) in [6.07, 6.45) is 6.95. The van der Waals surface area contributed by atoms with Gasteiger partial charge in [-0.15, -0.1) is 0 Å². The van der Waals surface area contributed by atoms with E-state index in [-0.39, 0.29) is 30.2 Å². The van der Waals surface area contributed by atoms with Crippen LogP contribution >= 0.6 is 0 Å². The zero-order chi connectivity index (χ0) is 26.5. The highest BCUT2D eigenvalue weighted by Crippen LogP contribution is 2.42. The Hall–Kier alpha value is -3.23. The molecule has 0 bridgehead atoms. The highest BCUT2D eigenvalue weighted by molar-refractivity contribution is 6.05. The second kappa shape index (κ2) is 10.1. The summed E-state index contributed by atoms with van der Waals surface area (Å²) in [5.74, 6) is -0.0161. The Morgan fingerprint density at radius 3 is 2.41 bits per heavy atom. The average molecular weight is 529 g/mol. The van der Waals surface area contributed by atoms with Crippen LogP contribution in [0, 0.1) is 0 Å². The van der Waals surface area contributed by atoms with Crippen LogP contribution in [0.15, 0.2) is 48.5 Å². The third-order valence-electron chi connectivity index (χ3n) is 8.96. The van der Waals surface area contributed by atoms with E-state index in [4.69, 9.17) is 4.74 Å². The van der Waals surface area contributed by atoms with Crippen LogP contribution in [0.1, 0.15) is 66.4 Å². The van der Waals surface area contributed by atoms with Gasteiger partial charge in [0, 0.05) is 56.3 Å². The highest BCUT2D eigenvalue weighted by atomic mass is 16.5. The van der Waals surface area contributed by atoms with Crippen molar-refractivity contribution in [1.82, 2.24) is 20.0 Å². The van der Waals surface area contributed by atoms with Crippen molar-refractivity contribution in [2.45, 2.75) is 88.3 Å². The van der Waals surface area contributed by atoms with E-state index in [0.717, 1.165) is 37.4 Å². The number of hydrogen-bond donors (Lipinski definition) is 1. The zero-order valence-electron chi connectivity index (χ0n) is 22.3. The van der Waals surface area contributed by atoms with Crippen LogP contribution in [-0.2, 0) is 22.7 Å². The van der Waals surface area contributed by atoms with Crippen molar-refractivity contribution in [3.8, 4) is 5.75 Å². The number of benzene rings is 2. The van der Waals surface area contributed by atoms with E-state index in [1.807, 2.05) is 18.2 Å². The van der Waals surface area contributed by atoms with Crippen LogP contribution in [0.5, 0.6) is 5.75 Å². The van der Waals surface area contributed by atoms with Crippen molar-refractivity contribution in [3.05, 3.63) is 65.2 Å². The SMILES string of the molecule is O=C1CCC(N2Cc3cc(OC4CN(Cc5ccccc5)CCC4N(C4CC4)C4CC4)ccc3C2=O)C(=O)N1. The molecule has 2 aromatic carbocycles. The molecule has 7 rings (SSSR count). The average Bonchev–Trinajstić information content (AvgIpc) is 3.86. The Bertz CT molecular complexity index is 1260. The maximum atomic E-state index is 13.2. The first-order valence-corrected chi connectivity index (χ1v) is 14.5. The molecule has 0 aromatic heterocycles. The third kappa shape index (κ3) is 5.08. The first-order valence-electron chi connectivity index (χ1n) is 14.5. The number of nitrogens with one attached hydrogen (secondary N) is 1. The van der Waals surface area contributed by atoms with Crippen LogP contribution in [0.25, 0.3) is 0 Å². The molecule has 3 atom stereocenters. The molecule has 8 heteroatoms. The lowest BCUT2D eigenvalue weighted by atomic mass is 9.98. The molecule has 2 aliphatic carbocycles. The summed E-state index contributed by atoms with van der Waals surface area (Å²) in [4.78, 5) is 44.1. The molecule has 3 unspecified atom stereocenters. The summed E-state index contributed by atoms with van der Waals surface area (Å²) in [7, 11) is 0. The number of carbonyl (C=O) groups is 3. The van der Waals surface area contributed by atoms with Gasteiger partial charge in [0.25, 0.3) is 5.91 Å². The summed E-state index contributed by atoms with van der Waals surface area (Å²) < 4.78 is 6.81. The van der Waals surface area contributed by atoms with Crippen molar-refractivity contribution in [2.75, 3.05) is 13.1 Å². The fraction of sp³-hybridized carbons (Fsp3) is 0.516. The number of fused-ring (bicyclic) bond motifs is 1. The largest absolute Gasteiger partial charge is 0.487 e. The molecular formula is C31H36N4O4. The second-order valence-corrected chi connectivity index (χ2v) is 11.9. The van der Waals surface area contributed by atoms with Crippen molar-refractivity contribution >= 4 is 17.7 Å². The van der Waals surface area contributed by atoms with E-state index in [1.165, 1.54) is 31.2 Å². The lowest BCUT2D eigenvalue weighted by Crippen LogP contribution is -2.57. The van der Waals surface area contributed by atoms with Crippen molar-refractivity contribution in [2.24, 2.45) is 0 Å². The zero-order valence-corrected chi connectivity index (χ0v) is 22.3. The van der Waals surface area contributed by atoms with Gasteiger partial charge in [-0.3, -0.25) is 29.5 Å². The first-order chi connectivity index (χ1) is 19.0. The molecule has 39 heavy (non-hydrogen) atoms. The van der Waals surface area contributed by atoms with Gasteiger partial charge in [0.05, 0.1) is 0 Å². The van der Waals surface area contributed by atoms with Gasteiger partial charge in [-0.25, -0.2) is 0 Å². The first kappa shape index (κ1) is 24.8. The molecule has 204 valence electrons. The van der Waals surface area contributed by atoms with E-state index >= 15 is 0 Å². The van der Waals surface area contributed by atoms with Crippen LogP contribution in [-0.4, -0.2) is 75.8 Å². The van der Waals surface area contributed by atoms with Crippen molar-refractivity contribution < 1.29 is 19.1 Å². The van der Waals surface area contributed by atoms with Gasteiger partial charge in [-0.2, -0.15) is 0 Å². The number of piperidine rings is 2. The molecule has 3 aliphatic heterocycles. The minimum atomic E-state index is -0.605. The number of nitrogens with zero attached hydrogens (tertiary/aromatic N) is 3. The Morgan fingerprint density at radius 2 is 1.69 bits per heavy atom. The second-order valence-electron chi connectivity index (χ2n) is 11.9.